The van der Waals surface area contributed by atoms with Gasteiger partial charge in [-0.05, 0) is 69.5 Å². The van der Waals surface area contributed by atoms with Gasteiger partial charge in [0.2, 0.25) is 11.8 Å². The number of halogens is 1. The fourth-order valence-corrected chi connectivity index (χ4v) is 4.16. The number of hydrogen-bond acceptors (Lipinski definition) is 4. The van der Waals surface area contributed by atoms with E-state index in [9.17, 15) is 4.79 Å². The van der Waals surface area contributed by atoms with Crippen molar-refractivity contribution in [1.82, 2.24) is 14.8 Å². The van der Waals surface area contributed by atoms with E-state index in [0.717, 1.165) is 69.1 Å². The zero-order valence-corrected chi connectivity index (χ0v) is 16.3. The lowest BCUT2D eigenvalue weighted by molar-refractivity contribution is -0.138. The molecule has 144 valence electrons. The third-order valence-electron chi connectivity index (χ3n) is 5.65. The Kier molecular flexibility index (Phi) is 5.79. The van der Waals surface area contributed by atoms with Crippen molar-refractivity contribution in [3.8, 4) is 11.3 Å². The summed E-state index contributed by atoms with van der Waals surface area (Å²) in [6.45, 7) is 4.43. The van der Waals surface area contributed by atoms with Gasteiger partial charge in [0, 0.05) is 29.6 Å². The molecule has 2 fully saturated rings. The van der Waals surface area contributed by atoms with Crippen LogP contribution in [0.5, 0.6) is 0 Å². The molecular weight excluding hydrogens is 362 g/mol. The molecule has 3 heterocycles. The van der Waals surface area contributed by atoms with Gasteiger partial charge in [-0.3, -0.25) is 9.69 Å². The molecule has 2 aliphatic rings. The third kappa shape index (κ3) is 4.53. The molecule has 1 amide bonds. The second-order valence-electron chi connectivity index (χ2n) is 7.56. The van der Waals surface area contributed by atoms with Gasteiger partial charge < -0.3 is 9.32 Å². The lowest BCUT2D eigenvalue weighted by Gasteiger charge is -2.35. The Morgan fingerprint density at radius 3 is 2.48 bits per heavy atom. The molecule has 1 aromatic carbocycles. The molecule has 6 heteroatoms. The molecule has 4 rings (SSSR count). The molecule has 0 radical (unpaired) electrons. The Morgan fingerprint density at radius 1 is 1.07 bits per heavy atom. The van der Waals surface area contributed by atoms with E-state index in [1.165, 1.54) is 6.42 Å². The highest BCUT2D eigenvalue weighted by molar-refractivity contribution is 6.30. The summed E-state index contributed by atoms with van der Waals surface area (Å²) >= 11 is 5.94. The summed E-state index contributed by atoms with van der Waals surface area (Å²) in [4.78, 5) is 21.5. The van der Waals surface area contributed by atoms with Crippen LogP contribution in [0.4, 0.5) is 0 Å². The van der Waals surface area contributed by atoms with Crippen LogP contribution in [0, 0.1) is 5.92 Å². The number of amides is 1. The molecule has 0 N–H and O–H groups in total. The zero-order chi connectivity index (χ0) is 18.6. The van der Waals surface area contributed by atoms with Gasteiger partial charge in [0.15, 0.2) is 5.76 Å². The van der Waals surface area contributed by atoms with Crippen molar-refractivity contribution < 1.29 is 9.21 Å². The third-order valence-corrected chi connectivity index (χ3v) is 5.90. The summed E-state index contributed by atoms with van der Waals surface area (Å²) < 4.78 is 5.91. The fraction of sp³-hybridized carbons (Fsp3) is 0.524. The summed E-state index contributed by atoms with van der Waals surface area (Å²) in [5.41, 5.74) is 0.976. The molecule has 2 aromatic rings. The average molecular weight is 388 g/mol. The number of aromatic nitrogens is 1. The van der Waals surface area contributed by atoms with Crippen molar-refractivity contribution in [3.05, 3.63) is 41.4 Å². The minimum Gasteiger partial charge on any atom is -0.439 e. The van der Waals surface area contributed by atoms with Gasteiger partial charge in [0.05, 0.1) is 12.7 Å². The van der Waals surface area contributed by atoms with E-state index in [4.69, 9.17) is 16.0 Å². The molecule has 0 saturated carbocycles. The van der Waals surface area contributed by atoms with E-state index in [1.807, 2.05) is 24.3 Å². The highest BCUT2D eigenvalue weighted by Gasteiger charge is 2.29. The van der Waals surface area contributed by atoms with Gasteiger partial charge in [0.25, 0.3) is 0 Å². The second kappa shape index (κ2) is 8.44. The lowest BCUT2D eigenvalue weighted by atomic mass is 9.94. The van der Waals surface area contributed by atoms with Crippen LogP contribution >= 0.6 is 11.6 Å². The van der Waals surface area contributed by atoms with E-state index in [0.29, 0.717) is 17.5 Å². The first-order valence-electron chi connectivity index (χ1n) is 9.91. The van der Waals surface area contributed by atoms with Crippen LogP contribution in [0.25, 0.3) is 11.3 Å². The number of benzene rings is 1. The highest BCUT2D eigenvalue weighted by atomic mass is 35.5. The predicted molar refractivity (Wildman–Crippen MR) is 105 cm³/mol. The maximum atomic E-state index is 12.7. The molecular formula is C21H26ClN3O2. The number of likely N-dealkylation sites (tertiary alicyclic amines) is 2. The Bertz CT molecular complexity index is 760. The normalized spacial score (nSPS) is 19.4. The van der Waals surface area contributed by atoms with Crippen molar-refractivity contribution in [2.45, 2.75) is 38.6 Å². The first-order valence-corrected chi connectivity index (χ1v) is 10.3. The molecule has 2 aliphatic heterocycles. The SMILES string of the molecule is O=C(C1CCN(Cc2ncc(-c3ccc(Cl)cc3)o2)CC1)N1CCCCC1. The van der Waals surface area contributed by atoms with Crippen molar-refractivity contribution >= 4 is 17.5 Å². The van der Waals surface area contributed by atoms with Gasteiger partial charge in [-0.25, -0.2) is 4.98 Å². The fourth-order valence-electron chi connectivity index (χ4n) is 4.03. The molecule has 0 atom stereocenters. The molecule has 2 saturated heterocycles. The molecule has 5 nitrogen and oxygen atoms in total. The molecule has 27 heavy (non-hydrogen) atoms. The Labute approximate surface area is 165 Å². The van der Waals surface area contributed by atoms with E-state index in [-0.39, 0.29) is 5.92 Å². The number of carbonyl (C=O) groups excluding carboxylic acids is 1. The first kappa shape index (κ1) is 18.5. The van der Waals surface area contributed by atoms with Crippen molar-refractivity contribution in [2.24, 2.45) is 5.92 Å². The summed E-state index contributed by atoms with van der Waals surface area (Å²) in [6, 6.07) is 7.57. The lowest BCUT2D eigenvalue weighted by Crippen LogP contribution is -2.44. The van der Waals surface area contributed by atoms with Gasteiger partial charge >= 0.3 is 0 Å². The van der Waals surface area contributed by atoms with Crippen LogP contribution in [0.2, 0.25) is 5.02 Å². The number of carbonyl (C=O) groups is 1. The minimum atomic E-state index is 0.188. The van der Waals surface area contributed by atoms with Crippen molar-refractivity contribution in [3.63, 3.8) is 0 Å². The van der Waals surface area contributed by atoms with Crippen LogP contribution in [0.1, 0.15) is 38.0 Å². The maximum Gasteiger partial charge on any atom is 0.225 e. The molecule has 0 bridgehead atoms. The quantitative estimate of drug-likeness (QED) is 0.788. The maximum absolute atomic E-state index is 12.7. The largest absolute Gasteiger partial charge is 0.439 e. The van der Waals surface area contributed by atoms with Crippen molar-refractivity contribution in [1.29, 1.82) is 0 Å². The zero-order valence-electron chi connectivity index (χ0n) is 15.6. The van der Waals surface area contributed by atoms with Crippen LogP contribution in [-0.4, -0.2) is 46.9 Å². The van der Waals surface area contributed by atoms with Gasteiger partial charge in [-0.2, -0.15) is 0 Å². The van der Waals surface area contributed by atoms with E-state index in [1.54, 1.807) is 6.20 Å². The van der Waals surface area contributed by atoms with Crippen LogP contribution in [0.3, 0.4) is 0 Å². The number of hydrogen-bond donors (Lipinski definition) is 0. The Balaban J connectivity index is 1.29. The summed E-state index contributed by atoms with van der Waals surface area (Å²) in [6.07, 6.45) is 7.21. The number of piperidine rings is 2. The van der Waals surface area contributed by atoms with Crippen LogP contribution in [0.15, 0.2) is 34.9 Å². The first-order chi connectivity index (χ1) is 13.2. The summed E-state index contributed by atoms with van der Waals surface area (Å²) in [7, 11) is 0. The Hall–Kier alpha value is -1.85. The number of nitrogens with zero attached hydrogens (tertiary/aromatic N) is 3. The van der Waals surface area contributed by atoms with E-state index < -0.39 is 0 Å². The molecule has 1 aromatic heterocycles. The standard InChI is InChI=1S/C21H26ClN3O2/c22-18-6-4-16(5-7-18)19-14-23-20(27-19)15-24-12-8-17(9-13-24)21(26)25-10-2-1-3-11-25/h4-7,14,17H,1-3,8-13,15H2. The minimum absolute atomic E-state index is 0.188. The number of oxazole rings is 1. The predicted octanol–water partition coefficient (Wildman–Crippen LogP) is 4.22. The Morgan fingerprint density at radius 2 is 1.78 bits per heavy atom. The van der Waals surface area contributed by atoms with Gasteiger partial charge in [0.1, 0.15) is 0 Å². The topological polar surface area (TPSA) is 49.6 Å². The summed E-state index contributed by atoms with van der Waals surface area (Å²) in [5.74, 6) is 2.04. The van der Waals surface area contributed by atoms with Crippen molar-refractivity contribution in [2.75, 3.05) is 26.2 Å². The molecule has 0 unspecified atom stereocenters. The van der Waals surface area contributed by atoms with Gasteiger partial charge in [-0.1, -0.05) is 11.6 Å². The second-order valence-corrected chi connectivity index (χ2v) is 8.00. The highest BCUT2D eigenvalue weighted by Crippen LogP contribution is 2.25. The average Bonchev–Trinajstić information content (AvgIpc) is 3.18. The summed E-state index contributed by atoms with van der Waals surface area (Å²) in [5, 5.41) is 0.709. The van der Waals surface area contributed by atoms with Crippen LogP contribution in [-0.2, 0) is 11.3 Å². The monoisotopic (exact) mass is 387 g/mol. The molecule has 0 aliphatic carbocycles. The number of rotatable bonds is 4. The van der Waals surface area contributed by atoms with Crippen LogP contribution < -0.4 is 0 Å². The van der Waals surface area contributed by atoms with Gasteiger partial charge in [-0.15, -0.1) is 0 Å². The smallest absolute Gasteiger partial charge is 0.225 e. The van der Waals surface area contributed by atoms with E-state index in [2.05, 4.69) is 14.8 Å². The van der Waals surface area contributed by atoms with E-state index >= 15 is 0 Å². The molecule has 0 spiro atoms.